The molecular formula is C48H32N2O2S. The Balaban J connectivity index is 1.04. The van der Waals surface area contributed by atoms with Crippen molar-refractivity contribution in [2.24, 2.45) is 0 Å². The van der Waals surface area contributed by atoms with Crippen molar-refractivity contribution in [1.29, 1.82) is 0 Å². The molecule has 0 N–H and O–H groups in total. The fraction of sp³-hybridized carbons (Fsp3) is 0. The number of rotatable bonds is 7. The third-order valence-corrected chi connectivity index (χ3v) is 10.8. The van der Waals surface area contributed by atoms with Crippen LogP contribution in [0.5, 0.6) is 23.0 Å². The maximum absolute atomic E-state index is 6.32. The number of hydrogen-bond donors (Lipinski definition) is 0. The van der Waals surface area contributed by atoms with Crippen LogP contribution in [0.3, 0.4) is 0 Å². The molecule has 0 amide bonds. The van der Waals surface area contributed by atoms with Crippen LogP contribution < -0.4 is 19.3 Å². The Labute approximate surface area is 312 Å². The summed E-state index contributed by atoms with van der Waals surface area (Å²) in [5.41, 5.74) is 8.85. The van der Waals surface area contributed by atoms with Crippen LogP contribution in [-0.2, 0) is 0 Å². The Kier molecular flexibility index (Phi) is 7.63. The number of ether oxygens (including phenoxy) is 2. The summed E-state index contributed by atoms with van der Waals surface area (Å²) in [6.07, 6.45) is 0. The highest BCUT2D eigenvalue weighted by atomic mass is 32.1. The molecule has 9 aromatic rings. The van der Waals surface area contributed by atoms with Gasteiger partial charge in [-0.25, -0.2) is 0 Å². The van der Waals surface area contributed by atoms with Gasteiger partial charge in [-0.05, 0) is 102 Å². The Morgan fingerprint density at radius 1 is 0.302 bits per heavy atom. The van der Waals surface area contributed by atoms with Crippen molar-refractivity contribution < 1.29 is 9.47 Å². The molecule has 1 aromatic heterocycles. The van der Waals surface area contributed by atoms with Crippen molar-refractivity contribution in [3.05, 3.63) is 194 Å². The highest BCUT2D eigenvalue weighted by Gasteiger charge is 2.22. The zero-order valence-corrected chi connectivity index (χ0v) is 29.4. The Hall–Kier alpha value is -6.82. The number of benzene rings is 8. The van der Waals surface area contributed by atoms with Gasteiger partial charge >= 0.3 is 0 Å². The van der Waals surface area contributed by atoms with Gasteiger partial charge in [0.2, 0.25) is 0 Å². The van der Waals surface area contributed by atoms with Crippen molar-refractivity contribution in [2.75, 3.05) is 9.80 Å². The van der Waals surface area contributed by atoms with E-state index in [0.717, 1.165) is 39.9 Å². The minimum Gasteiger partial charge on any atom is -0.450 e. The van der Waals surface area contributed by atoms with E-state index in [4.69, 9.17) is 9.47 Å². The van der Waals surface area contributed by atoms with Gasteiger partial charge in [0.05, 0.1) is 5.69 Å². The summed E-state index contributed by atoms with van der Waals surface area (Å²) >= 11 is 1.82. The van der Waals surface area contributed by atoms with E-state index >= 15 is 0 Å². The molecule has 0 fully saturated rings. The fourth-order valence-corrected chi connectivity index (χ4v) is 8.29. The molecule has 4 nitrogen and oxygen atoms in total. The van der Waals surface area contributed by atoms with Crippen molar-refractivity contribution in [1.82, 2.24) is 0 Å². The zero-order valence-electron chi connectivity index (χ0n) is 28.6. The molecule has 0 atom stereocenters. The molecular weight excluding hydrogens is 669 g/mol. The van der Waals surface area contributed by atoms with Crippen LogP contribution in [0.25, 0.3) is 31.3 Å². The molecule has 1 aliphatic rings. The van der Waals surface area contributed by atoms with Crippen LogP contribution in [0.4, 0.5) is 34.1 Å². The molecule has 0 bridgehead atoms. The second kappa shape index (κ2) is 13.1. The van der Waals surface area contributed by atoms with Crippen molar-refractivity contribution in [3.63, 3.8) is 0 Å². The van der Waals surface area contributed by atoms with E-state index in [1.54, 1.807) is 0 Å². The minimum atomic E-state index is 0.690. The number of hydrogen-bond acceptors (Lipinski definition) is 5. The standard InChI is InChI=1S/C48H32N2O2S/c1-4-12-33(13-5-1)34-20-22-37(23-21-34)49(35-14-6-2-7-15-35)38-26-29-47-42(30-38)41-27-24-40(32-48(41)53-47)50(36-16-8-3-9-17-36)39-25-28-45-46(31-39)52-44-19-11-10-18-43(44)51-45/h1-32H. The predicted octanol–water partition coefficient (Wildman–Crippen LogP) is 14.6. The molecule has 53 heavy (non-hydrogen) atoms. The number of thiophene rings is 1. The first-order valence-electron chi connectivity index (χ1n) is 17.7. The van der Waals surface area contributed by atoms with Gasteiger partial charge in [0.1, 0.15) is 0 Å². The van der Waals surface area contributed by atoms with Gasteiger partial charge in [-0.3, -0.25) is 0 Å². The molecule has 0 spiro atoms. The highest BCUT2D eigenvalue weighted by Crippen LogP contribution is 2.49. The molecule has 0 saturated carbocycles. The lowest BCUT2D eigenvalue weighted by atomic mass is 10.0. The topological polar surface area (TPSA) is 24.9 Å². The first-order valence-corrected chi connectivity index (χ1v) is 18.5. The van der Waals surface area contributed by atoms with Gasteiger partial charge in [0, 0.05) is 54.7 Å². The van der Waals surface area contributed by atoms with Crippen LogP contribution in [0, 0.1) is 0 Å². The third kappa shape index (κ3) is 5.74. The van der Waals surface area contributed by atoms with Gasteiger partial charge in [0.15, 0.2) is 23.0 Å². The summed E-state index contributed by atoms with van der Waals surface area (Å²) in [7, 11) is 0. The summed E-state index contributed by atoms with van der Waals surface area (Å²) in [5.74, 6) is 2.83. The zero-order chi connectivity index (χ0) is 35.1. The summed E-state index contributed by atoms with van der Waals surface area (Å²) in [6.45, 7) is 0. The molecule has 10 rings (SSSR count). The molecule has 8 aromatic carbocycles. The van der Waals surface area contributed by atoms with Crippen LogP contribution in [0.1, 0.15) is 0 Å². The number of anilines is 6. The lowest BCUT2D eigenvalue weighted by Gasteiger charge is -2.27. The van der Waals surface area contributed by atoms with Gasteiger partial charge in [-0.1, -0.05) is 97.1 Å². The average molecular weight is 701 g/mol. The number of para-hydroxylation sites is 4. The summed E-state index contributed by atoms with van der Waals surface area (Å²) in [4.78, 5) is 4.61. The number of fused-ring (bicyclic) bond motifs is 5. The van der Waals surface area contributed by atoms with Crippen LogP contribution in [0.15, 0.2) is 194 Å². The normalized spacial score (nSPS) is 11.7. The predicted molar refractivity (Wildman–Crippen MR) is 221 cm³/mol. The monoisotopic (exact) mass is 700 g/mol. The van der Waals surface area contributed by atoms with E-state index in [-0.39, 0.29) is 0 Å². The molecule has 1 aliphatic heterocycles. The molecule has 0 saturated heterocycles. The molecule has 0 radical (unpaired) electrons. The van der Waals surface area contributed by atoms with Crippen molar-refractivity contribution >= 4 is 65.6 Å². The summed E-state index contributed by atoms with van der Waals surface area (Å²) < 4.78 is 15.0. The second-order valence-corrected chi connectivity index (χ2v) is 14.1. The summed E-state index contributed by atoms with van der Waals surface area (Å²) in [5, 5.41) is 2.47. The second-order valence-electron chi connectivity index (χ2n) is 13.0. The van der Waals surface area contributed by atoms with Gasteiger partial charge < -0.3 is 19.3 Å². The molecule has 0 unspecified atom stereocenters. The van der Waals surface area contributed by atoms with E-state index in [9.17, 15) is 0 Å². The molecule has 252 valence electrons. The van der Waals surface area contributed by atoms with Crippen LogP contribution >= 0.6 is 11.3 Å². The van der Waals surface area contributed by atoms with Crippen LogP contribution in [-0.4, -0.2) is 0 Å². The first kappa shape index (κ1) is 31.0. The Morgan fingerprint density at radius 2 is 0.774 bits per heavy atom. The maximum Gasteiger partial charge on any atom is 0.172 e. The minimum absolute atomic E-state index is 0.690. The molecule has 5 heteroatoms. The van der Waals surface area contributed by atoms with E-state index < -0.39 is 0 Å². The fourth-order valence-electron chi connectivity index (χ4n) is 7.17. The van der Waals surface area contributed by atoms with E-state index in [1.165, 1.54) is 31.3 Å². The smallest absolute Gasteiger partial charge is 0.172 e. The Bertz CT molecular complexity index is 2730. The van der Waals surface area contributed by atoms with Gasteiger partial charge in [-0.2, -0.15) is 0 Å². The largest absolute Gasteiger partial charge is 0.450 e. The number of nitrogens with zero attached hydrogens (tertiary/aromatic N) is 2. The summed E-state index contributed by atoms with van der Waals surface area (Å²) in [6, 6.07) is 68.0. The third-order valence-electron chi connectivity index (χ3n) is 9.69. The van der Waals surface area contributed by atoms with E-state index in [2.05, 4.69) is 168 Å². The van der Waals surface area contributed by atoms with E-state index in [0.29, 0.717) is 17.2 Å². The SMILES string of the molecule is c1ccc(-c2ccc(N(c3ccccc3)c3ccc4sc5cc(N(c6ccccc6)c6ccc7c(c6)Oc6ccccc6O7)ccc5c4c3)cc2)cc1. The lowest BCUT2D eigenvalue weighted by molar-refractivity contribution is 0.360. The lowest BCUT2D eigenvalue weighted by Crippen LogP contribution is -2.10. The van der Waals surface area contributed by atoms with Gasteiger partial charge in [-0.15, -0.1) is 11.3 Å². The first-order chi connectivity index (χ1) is 26.2. The van der Waals surface area contributed by atoms with Crippen molar-refractivity contribution in [3.8, 4) is 34.1 Å². The van der Waals surface area contributed by atoms with Crippen molar-refractivity contribution in [2.45, 2.75) is 0 Å². The average Bonchev–Trinajstić information content (AvgIpc) is 3.59. The molecule has 0 aliphatic carbocycles. The van der Waals surface area contributed by atoms with Crippen LogP contribution in [0.2, 0.25) is 0 Å². The van der Waals surface area contributed by atoms with Gasteiger partial charge in [0.25, 0.3) is 0 Å². The molecule has 2 heterocycles. The highest BCUT2D eigenvalue weighted by molar-refractivity contribution is 7.25. The quantitative estimate of drug-likeness (QED) is 0.165. The Morgan fingerprint density at radius 3 is 1.47 bits per heavy atom. The van der Waals surface area contributed by atoms with E-state index in [1.807, 2.05) is 47.7 Å². The maximum atomic E-state index is 6.32.